The molecule has 0 radical (unpaired) electrons. The molecule has 1 aliphatic rings. The first-order chi connectivity index (χ1) is 14.7. The number of rotatable bonds is 4. The number of nitrogens with zero attached hydrogens (tertiary/aromatic N) is 2. The largest absolute Gasteiger partial charge is 0.416 e. The Labute approximate surface area is 180 Å². The highest BCUT2D eigenvalue weighted by Gasteiger charge is 2.34. The number of carbonyl (C=O) groups is 2. The van der Waals surface area contributed by atoms with Gasteiger partial charge in [-0.2, -0.15) is 18.3 Å². The van der Waals surface area contributed by atoms with Gasteiger partial charge in [0.05, 0.1) is 28.7 Å². The molecule has 6 nitrogen and oxygen atoms in total. The first kappa shape index (κ1) is 20.9. The Morgan fingerprint density at radius 3 is 2.35 bits per heavy atom. The number of aromatic nitrogens is 2. The van der Waals surface area contributed by atoms with Crippen molar-refractivity contribution in [3.63, 3.8) is 0 Å². The van der Waals surface area contributed by atoms with Crippen LogP contribution in [0.1, 0.15) is 50.7 Å². The van der Waals surface area contributed by atoms with Crippen molar-refractivity contribution >= 4 is 23.4 Å². The summed E-state index contributed by atoms with van der Waals surface area (Å²) in [5.74, 6) is -1.14. The second kappa shape index (κ2) is 8.07. The van der Waals surface area contributed by atoms with E-state index in [0.717, 1.165) is 25.0 Å². The first-order valence-electron chi connectivity index (χ1n) is 9.36. The van der Waals surface area contributed by atoms with Gasteiger partial charge >= 0.3 is 6.18 Å². The Bertz CT molecular complexity index is 1140. The molecular formula is C21H16ClF3N4O2. The predicted octanol–water partition coefficient (Wildman–Crippen LogP) is 4.50. The van der Waals surface area contributed by atoms with Crippen molar-refractivity contribution < 1.29 is 22.8 Å². The van der Waals surface area contributed by atoms with Gasteiger partial charge in [0.2, 0.25) is 0 Å². The van der Waals surface area contributed by atoms with E-state index in [2.05, 4.69) is 16.0 Å². The van der Waals surface area contributed by atoms with Gasteiger partial charge in [-0.25, -0.2) is 4.68 Å². The number of halogens is 4. The van der Waals surface area contributed by atoms with Gasteiger partial charge in [0.1, 0.15) is 0 Å². The highest BCUT2D eigenvalue weighted by molar-refractivity contribution is 6.30. The van der Waals surface area contributed by atoms with Gasteiger partial charge in [0.15, 0.2) is 0 Å². The maximum atomic E-state index is 13.1. The van der Waals surface area contributed by atoms with Crippen molar-refractivity contribution in [3.05, 3.63) is 82.1 Å². The molecule has 160 valence electrons. The SMILES string of the molecule is O=C(NNC(=O)c1cnn(-c2cccc(C(F)(F)F)c2)c1C1CC1)c1ccc(Cl)cc1. The van der Waals surface area contributed by atoms with E-state index in [1.807, 2.05) is 0 Å². The van der Waals surface area contributed by atoms with Crippen molar-refractivity contribution in [2.24, 2.45) is 0 Å². The van der Waals surface area contributed by atoms with E-state index in [-0.39, 0.29) is 17.2 Å². The minimum Gasteiger partial charge on any atom is -0.267 e. The zero-order chi connectivity index (χ0) is 22.2. The molecule has 31 heavy (non-hydrogen) atoms. The third kappa shape index (κ3) is 4.56. The van der Waals surface area contributed by atoms with Crippen LogP contribution in [0.2, 0.25) is 5.02 Å². The van der Waals surface area contributed by atoms with E-state index in [0.29, 0.717) is 16.3 Å². The second-order valence-electron chi connectivity index (χ2n) is 7.09. The van der Waals surface area contributed by atoms with Crippen LogP contribution in [0.25, 0.3) is 5.69 Å². The number of hydrogen-bond donors (Lipinski definition) is 2. The molecule has 3 aromatic rings. The van der Waals surface area contributed by atoms with Crippen LogP contribution in [0, 0.1) is 0 Å². The van der Waals surface area contributed by atoms with Crippen LogP contribution in [0.4, 0.5) is 13.2 Å². The molecule has 2 N–H and O–H groups in total. The molecule has 0 atom stereocenters. The van der Waals surface area contributed by atoms with Crippen LogP contribution in [-0.2, 0) is 6.18 Å². The number of nitrogens with one attached hydrogen (secondary N) is 2. The van der Waals surface area contributed by atoms with Gasteiger partial charge in [0.25, 0.3) is 11.8 Å². The van der Waals surface area contributed by atoms with E-state index < -0.39 is 23.6 Å². The molecular weight excluding hydrogens is 433 g/mol. The summed E-state index contributed by atoms with van der Waals surface area (Å²) in [6.07, 6.45) is -1.61. The Morgan fingerprint density at radius 2 is 1.71 bits per heavy atom. The number of amides is 2. The average molecular weight is 449 g/mol. The van der Waals surface area contributed by atoms with Crippen LogP contribution < -0.4 is 10.9 Å². The summed E-state index contributed by atoms with van der Waals surface area (Å²) in [7, 11) is 0. The molecule has 1 heterocycles. The summed E-state index contributed by atoms with van der Waals surface area (Å²) >= 11 is 5.79. The molecule has 10 heteroatoms. The van der Waals surface area contributed by atoms with Gasteiger partial charge in [0, 0.05) is 16.5 Å². The molecule has 1 aliphatic carbocycles. The molecule has 4 rings (SSSR count). The first-order valence-corrected chi connectivity index (χ1v) is 9.73. The molecule has 0 bridgehead atoms. The lowest BCUT2D eigenvalue weighted by Crippen LogP contribution is -2.41. The monoisotopic (exact) mass is 448 g/mol. The summed E-state index contributed by atoms with van der Waals surface area (Å²) in [5.41, 5.74) is 5.05. The highest BCUT2D eigenvalue weighted by Crippen LogP contribution is 2.42. The Morgan fingerprint density at radius 1 is 1.03 bits per heavy atom. The zero-order valence-corrected chi connectivity index (χ0v) is 16.7. The number of hydrogen-bond acceptors (Lipinski definition) is 3. The molecule has 1 saturated carbocycles. The molecule has 0 unspecified atom stereocenters. The Kier molecular flexibility index (Phi) is 5.45. The highest BCUT2D eigenvalue weighted by atomic mass is 35.5. The maximum Gasteiger partial charge on any atom is 0.416 e. The molecule has 1 fully saturated rings. The molecule has 2 amide bonds. The van der Waals surface area contributed by atoms with Crippen LogP contribution >= 0.6 is 11.6 Å². The van der Waals surface area contributed by atoms with Crippen molar-refractivity contribution in [1.29, 1.82) is 0 Å². The van der Waals surface area contributed by atoms with E-state index in [4.69, 9.17) is 11.6 Å². The molecule has 1 aromatic heterocycles. The zero-order valence-electron chi connectivity index (χ0n) is 15.9. The van der Waals surface area contributed by atoms with Crippen molar-refractivity contribution in [1.82, 2.24) is 20.6 Å². The lowest BCUT2D eigenvalue weighted by Gasteiger charge is -2.12. The lowest BCUT2D eigenvalue weighted by atomic mass is 10.1. The van der Waals surface area contributed by atoms with Crippen LogP contribution in [0.3, 0.4) is 0 Å². The number of carbonyl (C=O) groups excluding carboxylic acids is 2. The smallest absolute Gasteiger partial charge is 0.267 e. The minimum atomic E-state index is -4.49. The van der Waals surface area contributed by atoms with Gasteiger partial charge in [-0.3, -0.25) is 20.4 Å². The van der Waals surface area contributed by atoms with Crippen LogP contribution in [0.15, 0.2) is 54.7 Å². The van der Waals surface area contributed by atoms with Gasteiger partial charge in [-0.05, 0) is 55.3 Å². The topological polar surface area (TPSA) is 76.0 Å². The average Bonchev–Trinajstić information content (AvgIpc) is 3.49. The molecule has 0 aliphatic heterocycles. The van der Waals surface area contributed by atoms with Gasteiger partial charge in [-0.1, -0.05) is 17.7 Å². The minimum absolute atomic E-state index is 0.00441. The third-order valence-electron chi connectivity index (χ3n) is 4.83. The normalized spacial score (nSPS) is 13.7. The van der Waals surface area contributed by atoms with Crippen LogP contribution in [0.5, 0.6) is 0 Å². The molecule has 2 aromatic carbocycles. The van der Waals surface area contributed by atoms with Crippen LogP contribution in [-0.4, -0.2) is 21.6 Å². The van der Waals surface area contributed by atoms with E-state index in [9.17, 15) is 22.8 Å². The fourth-order valence-corrected chi connectivity index (χ4v) is 3.28. The number of alkyl halides is 3. The summed E-state index contributed by atoms with van der Waals surface area (Å²) in [6.45, 7) is 0. The molecule has 0 spiro atoms. The van der Waals surface area contributed by atoms with Gasteiger partial charge in [-0.15, -0.1) is 0 Å². The Hall–Kier alpha value is -3.33. The predicted molar refractivity (Wildman–Crippen MR) is 107 cm³/mol. The number of benzene rings is 2. The standard InChI is InChI=1S/C21H16ClF3N4O2/c22-15-8-6-13(7-9-15)19(30)27-28-20(31)17-11-26-29(18(17)12-4-5-12)16-3-1-2-14(10-16)21(23,24)25/h1-3,6-12H,4-5H2,(H,27,30)(H,28,31). The van der Waals surface area contributed by atoms with Crippen molar-refractivity contribution in [2.45, 2.75) is 24.9 Å². The third-order valence-corrected chi connectivity index (χ3v) is 5.08. The summed E-state index contributed by atoms with van der Waals surface area (Å²) in [6, 6.07) is 10.9. The fourth-order valence-electron chi connectivity index (χ4n) is 3.16. The number of hydrazine groups is 1. The van der Waals surface area contributed by atoms with Gasteiger partial charge < -0.3 is 0 Å². The van der Waals surface area contributed by atoms with E-state index >= 15 is 0 Å². The fraction of sp³-hybridized carbons (Fsp3) is 0.190. The van der Waals surface area contributed by atoms with Crippen molar-refractivity contribution in [3.8, 4) is 5.69 Å². The maximum absolute atomic E-state index is 13.1. The summed E-state index contributed by atoms with van der Waals surface area (Å²) in [5, 5.41) is 4.62. The quantitative estimate of drug-likeness (QED) is 0.577. The van der Waals surface area contributed by atoms with Crippen molar-refractivity contribution in [2.75, 3.05) is 0 Å². The second-order valence-corrected chi connectivity index (χ2v) is 7.53. The van der Waals surface area contributed by atoms with E-state index in [1.54, 1.807) is 12.1 Å². The lowest BCUT2D eigenvalue weighted by molar-refractivity contribution is -0.137. The van der Waals surface area contributed by atoms with E-state index in [1.165, 1.54) is 35.1 Å². The molecule has 0 saturated heterocycles. The summed E-state index contributed by atoms with van der Waals surface area (Å²) in [4.78, 5) is 24.9. The Balaban J connectivity index is 1.56. The summed E-state index contributed by atoms with van der Waals surface area (Å²) < 4.78 is 40.6.